The van der Waals surface area contributed by atoms with Crippen LogP contribution in [0.4, 0.5) is 0 Å². The van der Waals surface area contributed by atoms with E-state index in [9.17, 15) is 10.2 Å². The Hall–Kier alpha value is -4.73. The molecule has 9 heteroatoms. The van der Waals surface area contributed by atoms with E-state index in [1.54, 1.807) is 24.6 Å². The van der Waals surface area contributed by atoms with Gasteiger partial charge in [-0.3, -0.25) is 9.98 Å². The molecule has 229 valence electrons. The summed E-state index contributed by atoms with van der Waals surface area (Å²) >= 11 is 0. The van der Waals surface area contributed by atoms with Crippen LogP contribution in [-0.2, 0) is 26.4 Å². The molecule has 1 aliphatic carbocycles. The molecule has 1 saturated carbocycles. The van der Waals surface area contributed by atoms with E-state index in [4.69, 9.17) is 29.8 Å². The summed E-state index contributed by atoms with van der Waals surface area (Å²) in [6.45, 7) is 1.94. The molecule has 8 nitrogen and oxygen atoms in total. The predicted octanol–water partition coefficient (Wildman–Crippen LogP) is 4.40. The fraction of sp³-hybridized carbons (Fsp3) is 0.200. The van der Waals surface area contributed by atoms with Crippen molar-refractivity contribution in [2.45, 2.75) is 45.2 Å². The van der Waals surface area contributed by atoms with Gasteiger partial charge in [0.1, 0.15) is 11.5 Å². The number of hydrogen-bond donors (Lipinski definition) is 2. The maximum Gasteiger partial charge on any atom is 2.00 e. The summed E-state index contributed by atoms with van der Waals surface area (Å²) in [5, 5.41) is 38.4. The van der Waals surface area contributed by atoms with E-state index in [0.717, 1.165) is 66.5 Å². The van der Waals surface area contributed by atoms with Crippen molar-refractivity contribution in [3.05, 3.63) is 108 Å². The van der Waals surface area contributed by atoms with Crippen molar-refractivity contribution >= 4 is 24.4 Å². The average molecular weight is 638 g/mol. The van der Waals surface area contributed by atoms with Gasteiger partial charge in [0.15, 0.2) is 0 Å². The molecule has 4 aromatic carbocycles. The molecule has 1 aliphatic rings. The Bertz CT molecular complexity index is 1430. The number of benzene rings is 4. The standard InChI is InChI=1S/C31H28N2O2.2C2H4O2.Co/c34-30-15-11-24(22-7-3-1-4-8-22)17-26(30)20-32-28-13-14-29(19-28)33-21-27-18-25(12-16-31(27)35)23-9-5-2-6-10-23;2*1-2(3)4;/h1-12,15-18,20-21,28-29,34-35H,13-14,19H2;2*1H3,(H,3,4);/q;;;+2/p-2. The summed E-state index contributed by atoms with van der Waals surface area (Å²) in [5.41, 5.74) is 5.77. The van der Waals surface area contributed by atoms with Gasteiger partial charge in [0.2, 0.25) is 0 Å². The van der Waals surface area contributed by atoms with Crippen LogP contribution in [0.5, 0.6) is 11.5 Å². The van der Waals surface area contributed by atoms with Gasteiger partial charge >= 0.3 is 16.8 Å². The predicted molar refractivity (Wildman–Crippen MR) is 165 cm³/mol. The number of phenols is 2. The van der Waals surface area contributed by atoms with Crippen molar-refractivity contribution in [2.24, 2.45) is 9.98 Å². The van der Waals surface area contributed by atoms with Gasteiger partial charge in [0, 0.05) is 35.5 Å². The van der Waals surface area contributed by atoms with Crippen molar-refractivity contribution in [1.29, 1.82) is 0 Å². The van der Waals surface area contributed by atoms with Crippen LogP contribution in [0.2, 0.25) is 0 Å². The number of hydrogen-bond acceptors (Lipinski definition) is 8. The number of aliphatic imine (C=N–C) groups is 2. The van der Waals surface area contributed by atoms with Gasteiger partial charge in [-0.25, -0.2) is 0 Å². The number of carboxylic acid groups (broad SMARTS) is 2. The van der Waals surface area contributed by atoms with Crippen molar-refractivity contribution in [2.75, 3.05) is 0 Å². The number of nitrogens with zero attached hydrogens (tertiary/aromatic N) is 2. The molecule has 0 bridgehead atoms. The van der Waals surface area contributed by atoms with Crippen LogP contribution in [0, 0.1) is 0 Å². The zero-order valence-electron chi connectivity index (χ0n) is 24.4. The third-order valence-corrected chi connectivity index (χ3v) is 6.50. The Balaban J connectivity index is 0.000000672. The Morgan fingerprint density at radius 3 is 1.32 bits per heavy atom. The molecule has 2 N–H and O–H groups in total. The van der Waals surface area contributed by atoms with Gasteiger partial charge in [-0.2, -0.15) is 0 Å². The van der Waals surface area contributed by atoms with E-state index >= 15 is 0 Å². The summed E-state index contributed by atoms with van der Waals surface area (Å²) in [6.07, 6.45) is 6.33. The van der Waals surface area contributed by atoms with Crippen molar-refractivity contribution in [3.63, 3.8) is 0 Å². The molecule has 0 aliphatic heterocycles. The van der Waals surface area contributed by atoms with Crippen LogP contribution >= 0.6 is 0 Å². The minimum atomic E-state index is -1.08. The van der Waals surface area contributed by atoms with Gasteiger partial charge in [-0.05, 0) is 79.6 Å². The first-order valence-corrected chi connectivity index (χ1v) is 13.8. The number of carboxylic acids is 2. The maximum absolute atomic E-state index is 10.3. The van der Waals surface area contributed by atoms with E-state index in [1.165, 1.54) is 0 Å². The number of carbonyl (C=O) groups excluding carboxylic acids is 2. The Kier molecular flexibility index (Phi) is 14.5. The molecule has 44 heavy (non-hydrogen) atoms. The summed E-state index contributed by atoms with van der Waals surface area (Å²) in [7, 11) is 0. The number of phenolic OH excluding ortho intramolecular Hbond substituents is 2. The van der Waals surface area contributed by atoms with Crippen molar-refractivity contribution in [1.82, 2.24) is 0 Å². The van der Waals surface area contributed by atoms with E-state index in [0.29, 0.717) is 0 Å². The Labute approximate surface area is 267 Å². The number of aromatic hydroxyl groups is 2. The minimum absolute atomic E-state index is 0. The SMILES string of the molecule is CC(=O)[O-].CC(=O)[O-].Oc1ccc(-c2ccccc2)cc1C=NC1CCC(N=Cc2cc(-c3ccccc3)ccc2O)C1.[Co+2]. The molecule has 0 amide bonds. The van der Waals surface area contributed by atoms with Crippen LogP contribution in [0.3, 0.4) is 0 Å². The van der Waals surface area contributed by atoms with Gasteiger partial charge in [0.25, 0.3) is 0 Å². The Morgan fingerprint density at radius 1 is 0.636 bits per heavy atom. The third-order valence-electron chi connectivity index (χ3n) is 6.50. The van der Waals surface area contributed by atoms with E-state index in [1.807, 2.05) is 60.7 Å². The minimum Gasteiger partial charge on any atom is -0.550 e. The first kappa shape index (κ1) is 35.5. The number of carbonyl (C=O) groups is 2. The fourth-order valence-electron chi connectivity index (χ4n) is 4.51. The largest absolute Gasteiger partial charge is 2.00 e. The molecule has 4 aromatic rings. The quantitative estimate of drug-likeness (QED) is 0.300. The summed E-state index contributed by atoms with van der Waals surface area (Å²) in [4.78, 5) is 27.3. The van der Waals surface area contributed by atoms with Crippen LogP contribution in [0.1, 0.15) is 44.2 Å². The molecular formula is C35H34CoN2O6. The number of aliphatic carboxylic acids is 2. The van der Waals surface area contributed by atoms with Gasteiger partial charge in [-0.15, -0.1) is 0 Å². The van der Waals surface area contributed by atoms with Crippen molar-refractivity contribution < 1.29 is 46.8 Å². The maximum atomic E-state index is 10.3. The Morgan fingerprint density at radius 2 is 0.977 bits per heavy atom. The first-order valence-electron chi connectivity index (χ1n) is 13.8. The van der Waals surface area contributed by atoms with Crippen LogP contribution in [0.15, 0.2) is 107 Å². The monoisotopic (exact) mass is 637 g/mol. The summed E-state index contributed by atoms with van der Waals surface area (Å²) in [5.74, 6) is -1.70. The second-order valence-electron chi connectivity index (χ2n) is 9.94. The zero-order valence-corrected chi connectivity index (χ0v) is 25.5. The molecule has 1 fully saturated rings. The van der Waals surface area contributed by atoms with Crippen LogP contribution < -0.4 is 10.2 Å². The molecule has 2 atom stereocenters. The van der Waals surface area contributed by atoms with Gasteiger partial charge < -0.3 is 30.0 Å². The fourth-order valence-corrected chi connectivity index (χ4v) is 4.51. The van der Waals surface area contributed by atoms with Crippen molar-refractivity contribution in [3.8, 4) is 33.8 Å². The molecule has 0 aromatic heterocycles. The average Bonchev–Trinajstić information content (AvgIpc) is 3.44. The van der Waals surface area contributed by atoms with E-state index in [2.05, 4.69) is 24.3 Å². The van der Waals surface area contributed by atoms with Crippen LogP contribution in [0.25, 0.3) is 22.3 Å². The van der Waals surface area contributed by atoms with Crippen LogP contribution in [-0.4, -0.2) is 46.7 Å². The normalized spacial score (nSPS) is 15.4. The summed E-state index contributed by atoms with van der Waals surface area (Å²) < 4.78 is 0. The van der Waals surface area contributed by atoms with E-state index < -0.39 is 11.9 Å². The molecule has 0 saturated heterocycles. The van der Waals surface area contributed by atoms with Gasteiger partial charge in [0.05, 0.1) is 12.1 Å². The number of rotatable bonds is 6. The smallest absolute Gasteiger partial charge is 0.550 e. The molecule has 5 rings (SSSR count). The molecule has 0 heterocycles. The topological polar surface area (TPSA) is 145 Å². The second-order valence-corrected chi connectivity index (χ2v) is 9.94. The molecular weight excluding hydrogens is 603 g/mol. The molecule has 1 radical (unpaired) electrons. The summed E-state index contributed by atoms with van der Waals surface area (Å²) in [6, 6.07) is 31.8. The first-order chi connectivity index (χ1) is 20.6. The molecule has 2 unspecified atom stereocenters. The second kappa shape index (κ2) is 18.0. The third kappa shape index (κ3) is 11.9. The van der Waals surface area contributed by atoms with E-state index in [-0.39, 0.29) is 40.4 Å². The molecule has 0 spiro atoms. The zero-order chi connectivity index (χ0) is 31.2. The van der Waals surface area contributed by atoms with Gasteiger partial charge in [-0.1, -0.05) is 72.8 Å².